The van der Waals surface area contributed by atoms with E-state index in [9.17, 15) is 0 Å². The quantitative estimate of drug-likeness (QED) is 0.338. The van der Waals surface area contributed by atoms with Gasteiger partial charge in [0.2, 0.25) is 0 Å². The first-order valence-electron chi connectivity index (χ1n) is 7.41. The molecule has 0 unspecified atom stereocenters. The van der Waals surface area contributed by atoms with Gasteiger partial charge in [0, 0.05) is 27.1 Å². The molecule has 104 valence electrons. The molecule has 1 nitrogen and oxygen atoms in total. The summed E-state index contributed by atoms with van der Waals surface area (Å²) in [5.41, 5.74) is 2.35. The third-order valence-electron chi connectivity index (χ3n) is 4.43. The zero-order chi connectivity index (χ0) is 14.7. The molecule has 0 spiro atoms. The summed E-state index contributed by atoms with van der Waals surface area (Å²) in [6.07, 6.45) is 2.03. The first-order chi connectivity index (χ1) is 10.8. The molecule has 0 N–H and O–H groups in total. The van der Waals surface area contributed by atoms with Crippen LogP contribution in [0.25, 0.3) is 41.8 Å². The number of nitrogens with zero attached hydrogens (tertiary/aromatic N) is 1. The van der Waals surface area contributed by atoms with E-state index >= 15 is 0 Å². The van der Waals surface area contributed by atoms with Gasteiger partial charge < -0.3 is 0 Å². The predicted molar refractivity (Wildman–Crippen MR) is 96.9 cm³/mol. The lowest BCUT2D eigenvalue weighted by molar-refractivity contribution is 1.40. The largest absolute Gasteiger partial charge is 0.254 e. The molecule has 0 fully saturated rings. The summed E-state index contributed by atoms with van der Waals surface area (Å²) in [5.74, 6) is 0. The third-order valence-corrected chi connectivity index (χ3v) is 5.51. The highest BCUT2D eigenvalue weighted by Crippen LogP contribution is 2.41. The van der Waals surface area contributed by atoms with Crippen LogP contribution in [-0.4, -0.2) is 4.98 Å². The minimum atomic E-state index is 1.11. The van der Waals surface area contributed by atoms with Crippen LogP contribution in [0, 0.1) is 6.92 Å². The van der Waals surface area contributed by atoms with Crippen molar-refractivity contribution < 1.29 is 0 Å². The average Bonchev–Trinajstić information content (AvgIpc) is 2.94. The van der Waals surface area contributed by atoms with Gasteiger partial charge in [-0.1, -0.05) is 48.5 Å². The van der Waals surface area contributed by atoms with E-state index in [1.54, 1.807) is 0 Å². The van der Waals surface area contributed by atoms with E-state index < -0.39 is 0 Å². The summed E-state index contributed by atoms with van der Waals surface area (Å²) >= 11 is 1.83. The van der Waals surface area contributed by atoms with E-state index in [1.165, 1.54) is 41.9 Å². The van der Waals surface area contributed by atoms with Crippen LogP contribution in [0.15, 0.2) is 60.8 Å². The van der Waals surface area contributed by atoms with Crippen molar-refractivity contribution >= 4 is 53.2 Å². The topological polar surface area (TPSA) is 12.9 Å². The standard InChI is InChI=1S/C20H13NS/c1-12-5-4-8-15-19-17(11-21-20(12)15)22-16-10-9-13-6-2-3-7-14(13)18(16)19/h2-11H,1H3. The van der Waals surface area contributed by atoms with Crippen molar-refractivity contribution in [1.29, 1.82) is 0 Å². The fraction of sp³-hybridized carbons (Fsp3) is 0.0500. The summed E-state index contributed by atoms with van der Waals surface area (Å²) in [6, 6.07) is 19.6. The van der Waals surface area contributed by atoms with Crippen LogP contribution in [0.3, 0.4) is 0 Å². The van der Waals surface area contributed by atoms with Crippen molar-refractivity contribution in [1.82, 2.24) is 4.98 Å². The second-order valence-electron chi connectivity index (χ2n) is 5.73. The Morgan fingerprint density at radius 1 is 0.773 bits per heavy atom. The van der Waals surface area contributed by atoms with E-state index in [0.717, 1.165) is 5.52 Å². The van der Waals surface area contributed by atoms with Gasteiger partial charge in [-0.3, -0.25) is 4.98 Å². The van der Waals surface area contributed by atoms with Gasteiger partial charge in [0.1, 0.15) is 0 Å². The van der Waals surface area contributed by atoms with Crippen molar-refractivity contribution in [2.24, 2.45) is 0 Å². The molecule has 0 aliphatic heterocycles. The summed E-state index contributed by atoms with van der Waals surface area (Å²) in [7, 11) is 0. The molecule has 5 aromatic rings. The van der Waals surface area contributed by atoms with Crippen LogP contribution >= 0.6 is 11.3 Å². The lowest BCUT2D eigenvalue weighted by Gasteiger charge is -2.04. The Morgan fingerprint density at radius 3 is 2.55 bits per heavy atom. The summed E-state index contributed by atoms with van der Waals surface area (Å²) in [4.78, 5) is 4.69. The number of fused-ring (bicyclic) bond motifs is 7. The number of thiophene rings is 1. The molecule has 2 aromatic heterocycles. The first-order valence-corrected chi connectivity index (χ1v) is 8.23. The molecular formula is C20H13NS. The van der Waals surface area contributed by atoms with Crippen molar-refractivity contribution in [3.63, 3.8) is 0 Å². The van der Waals surface area contributed by atoms with E-state index in [4.69, 9.17) is 4.98 Å². The Morgan fingerprint density at radius 2 is 1.59 bits per heavy atom. The molecule has 0 saturated carbocycles. The first kappa shape index (κ1) is 12.1. The van der Waals surface area contributed by atoms with E-state index in [1.807, 2.05) is 17.5 Å². The molecule has 0 amide bonds. The van der Waals surface area contributed by atoms with Gasteiger partial charge in [-0.15, -0.1) is 11.3 Å². The highest BCUT2D eigenvalue weighted by molar-refractivity contribution is 7.26. The molecule has 22 heavy (non-hydrogen) atoms. The van der Waals surface area contributed by atoms with Crippen LogP contribution in [0.2, 0.25) is 0 Å². The fourth-order valence-electron chi connectivity index (χ4n) is 3.40. The maximum absolute atomic E-state index is 4.69. The molecular weight excluding hydrogens is 286 g/mol. The number of para-hydroxylation sites is 1. The third kappa shape index (κ3) is 1.50. The van der Waals surface area contributed by atoms with Crippen molar-refractivity contribution in [2.45, 2.75) is 6.92 Å². The molecule has 0 saturated heterocycles. The number of hydrogen-bond acceptors (Lipinski definition) is 2. The Balaban J connectivity index is 2.16. The number of pyridine rings is 1. The Bertz CT molecular complexity index is 1180. The highest BCUT2D eigenvalue weighted by atomic mass is 32.1. The van der Waals surface area contributed by atoms with E-state index in [0.29, 0.717) is 0 Å². The molecule has 0 aliphatic rings. The number of hydrogen-bond donors (Lipinski definition) is 0. The van der Waals surface area contributed by atoms with Crippen molar-refractivity contribution in [3.05, 3.63) is 66.4 Å². The van der Waals surface area contributed by atoms with Gasteiger partial charge in [0.05, 0.1) is 10.2 Å². The fourth-order valence-corrected chi connectivity index (χ4v) is 4.51. The smallest absolute Gasteiger partial charge is 0.0738 e. The maximum Gasteiger partial charge on any atom is 0.0738 e. The second-order valence-corrected chi connectivity index (χ2v) is 6.81. The normalized spacial score (nSPS) is 11.9. The van der Waals surface area contributed by atoms with Crippen LogP contribution in [-0.2, 0) is 0 Å². The average molecular weight is 299 g/mol. The van der Waals surface area contributed by atoms with Gasteiger partial charge in [-0.2, -0.15) is 0 Å². The van der Waals surface area contributed by atoms with Crippen LogP contribution in [0.1, 0.15) is 5.56 Å². The lowest BCUT2D eigenvalue weighted by Crippen LogP contribution is -1.83. The van der Waals surface area contributed by atoms with Crippen LogP contribution in [0.4, 0.5) is 0 Å². The van der Waals surface area contributed by atoms with E-state index in [2.05, 4.69) is 61.5 Å². The number of aromatic nitrogens is 1. The molecule has 0 bridgehead atoms. The van der Waals surface area contributed by atoms with Crippen LogP contribution in [0.5, 0.6) is 0 Å². The van der Waals surface area contributed by atoms with Gasteiger partial charge in [0.25, 0.3) is 0 Å². The zero-order valence-electron chi connectivity index (χ0n) is 12.1. The minimum Gasteiger partial charge on any atom is -0.254 e. The molecule has 0 aliphatic carbocycles. The SMILES string of the molecule is Cc1cccc2c1ncc1sc3ccc4ccccc4c3c12. The predicted octanol–water partition coefficient (Wildman–Crippen LogP) is 6.06. The number of benzene rings is 3. The Kier molecular flexibility index (Phi) is 2.36. The molecule has 3 aromatic carbocycles. The van der Waals surface area contributed by atoms with Gasteiger partial charge in [-0.05, 0) is 29.3 Å². The minimum absolute atomic E-state index is 1.11. The van der Waals surface area contributed by atoms with Gasteiger partial charge in [0.15, 0.2) is 0 Å². The van der Waals surface area contributed by atoms with Crippen molar-refractivity contribution in [3.8, 4) is 0 Å². The summed E-state index contributed by atoms with van der Waals surface area (Å²) < 4.78 is 2.61. The highest BCUT2D eigenvalue weighted by Gasteiger charge is 2.12. The summed E-state index contributed by atoms with van der Waals surface area (Å²) in [6.45, 7) is 2.13. The van der Waals surface area contributed by atoms with E-state index in [-0.39, 0.29) is 0 Å². The summed E-state index contributed by atoms with van der Waals surface area (Å²) in [5, 5.41) is 6.62. The van der Waals surface area contributed by atoms with Gasteiger partial charge >= 0.3 is 0 Å². The second kappa shape index (κ2) is 4.28. The zero-order valence-corrected chi connectivity index (χ0v) is 12.9. The Labute approximate surface area is 131 Å². The number of aryl methyl sites for hydroxylation is 1. The monoisotopic (exact) mass is 299 g/mol. The Hall–Kier alpha value is -2.45. The van der Waals surface area contributed by atoms with Crippen molar-refractivity contribution in [2.75, 3.05) is 0 Å². The maximum atomic E-state index is 4.69. The van der Waals surface area contributed by atoms with Gasteiger partial charge in [-0.25, -0.2) is 0 Å². The molecule has 5 rings (SSSR count). The molecule has 2 heteroatoms. The molecule has 0 atom stereocenters. The van der Waals surface area contributed by atoms with Crippen LogP contribution < -0.4 is 0 Å². The lowest BCUT2D eigenvalue weighted by atomic mass is 10.0. The molecule has 0 radical (unpaired) electrons. The molecule has 2 heterocycles. The number of rotatable bonds is 0.